The maximum atomic E-state index is 12.4. The molecule has 0 fully saturated rings. The van der Waals surface area contributed by atoms with E-state index in [1.54, 1.807) is 32.7 Å². The van der Waals surface area contributed by atoms with E-state index in [1.807, 2.05) is 135 Å². The van der Waals surface area contributed by atoms with E-state index in [2.05, 4.69) is 15.6 Å². The summed E-state index contributed by atoms with van der Waals surface area (Å²) in [7, 11) is 11.2. The minimum atomic E-state index is -0.530. The van der Waals surface area contributed by atoms with Gasteiger partial charge in [-0.05, 0) is 70.8 Å². The monoisotopic (exact) mass is 879 g/mol. The van der Waals surface area contributed by atoms with Gasteiger partial charge in [0.2, 0.25) is 0 Å². The number of benzene rings is 4. The van der Waals surface area contributed by atoms with Gasteiger partial charge in [0.1, 0.15) is 49.4 Å². The summed E-state index contributed by atoms with van der Waals surface area (Å²) in [5, 5.41) is 5.56. The van der Waals surface area contributed by atoms with Gasteiger partial charge in [0.25, 0.3) is 0 Å². The van der Waals surface area contributed by atoms with Crippen molar-refractivity contribution in [2.24, 2.45) is 0 Å². The molecule has 15 heteroatoms. The minimum absolute atomic E-state index is 0.0564. The van der Waals surface area contributed by atoms with Crippen LogP contribution in [0.1, 0.15) is 22.3 Å². The highest BCUT2D eigenvalue weighted by atomic mass is 16.6. The number of hydrogen-bond acceptors (Lipinski definition) is 13. The zero-order valence-electron chi connectivity index (χ0n) is 37.6. The largest absolute Gasteiger partial charge is 0.497 e. The van der Waals surface area contributed by atoms with Crippen molar-refractivity contribution in [2.75, 3.05) is 91.9 Å². The fourth-order valence-corrected chi connectivity index (χ4v) is 6.29. The van der Waals surface area contributed by atoms with Crippen molar-refractivity contribution in [3.63, 3.8) is 0 Å². The van der Waals surface area contributed by atoms with E-state index in [9.17, 15) is 9.59 Å². The summed E-state index contributed by atoms with van der Waals surface area (Å²) in [4.78, 5) is 33.2. The second-order valence-electron chi connectivity index (χ2n) is 15.2. The van der Waals surface area contributed by atoms with E-state index in [0.717, 1.165) is 45.1 Å². The SMILES string of the molecule is COc1ccc(CC(COc2cncc(OCC(Cc3ccc(OC)cc3)OCCOC(=O)NCc3ccc(N(C)C)cc3)c2)OCCOC(=O)NCc2ccc(N(C)C)cc2)cc1. The van der Waals surface area contributed by atoms with Gasteiger partial charge in [-0.3, -0.25) is 4.98 Å². The molecule has 0 bridgehead atoms. The minimum Gasteiger partial charge on any atom is -0.497 e. The molecule has 0 aliphatic heterocycles. The van der Waals surface area contributed by atoms with Crippen LogP contribution in [-0.4, -0.2) is 111 Å². The molecule has 2 atom stereocenters. The smallest absolute Gasteiger partial charge is 0.407 e. The Morgan fingerprint density at radius 3 is 1.25 bits per heavy atom. The second-order valence-corrected chi connectivity index (χ2v) is 15.2. The number of nitrogens with one attached hydrogen (secondary N) is 2. The van der Waals surface area contributed by atoms with Gasteiger partial charge < -0.3 is 58.3 Å². The van der Waals surface area contributed by atoms with Gasteiger partial charge >= 0.3 is 12.2 Å². The van der Waals surface area contributed by atoms with E-state index in [1.165, 1.54) is 0 Å². The Morgan fingerprint density at radius 1 is 0.516 bits per heavy atom. The number of ether oxygens (including phenoxy) is 8. The molecule has 1 heterocycles. The van der Waals surface area contributed by atoms with Gasteiger partial charge in [-0.2, -0.15) is 0 Å². The summed E-state index contributed by atoms with van der Waals surface area (Å²) in [6, 6.07) is 33.0. The first kappa shape index (κ1) is 48.3. The number of anilines is 2. The fraction of sp³-hybridized carbons (Fsp3) is 0.367. The first-order chi connectivity index (χ1) is 31.1. The normalized spacial score (nSPS) is 11.7. The highest BCUT2D eigenvalue weighted by molar-refractivity contribution is 5.67. The number of carbonyl (C=O) groups is 2. The van der Waals surface area contributed by atoms with E-state index >= 15 is 0 Å². The van der Waals surface area contributed by atoms with Crippen LogP contribution in [0.5, 0.6) is 23.0 Å². The van der Waals surface area contributed by atoms with E-state index in [4.69, 9.17) is 37.9 Å². The number of hydrogen-bond donors (Lipinski definition) is 2. The van der Waals surface area contributed by atoms with Crippen molar-refractivity contribution in [1.29, 1.82) is 0 Å². The molecule has 342 valence electrons. The lowest BCUT2D eigenvalue weighted by Crippen LogP contribution is -2.29. The average Bonchev–Trinajstić information content (AvgIpc) is 3.32. The average molecular weight is 880 g/mol. The number of nitrogens with zero attached hydrogens (tertiary/aromatic N) is 3. The van der Waals surface area contributed by atoms with Gasteiger partial charge in [0.05, 0.1) is 52.0 Å². The standard InChI is InChI=1S/C49H61N5O10/c1-53(2)40-15-7-38(8-16-40)30-51-48(55)61-25-23-59-46(27-36-11-19-42(57-5)20-12-36)34-63-44-29-45(33-50-32-44)64-35-47(28-37-13-21-43(58-6)22-14-37)60-24-26-62-49(56)52-31-39-9-17-41(18-10-39)54(3)4/h7-22,29,32-33,46-47H,23-28,30-31,34-35H2,1-6H3,(H,51,55)(H,52,56). The van der Waals surface area contributed by atoms with Gasteiger partial charge in [0, 0.05) is 71.6 Å². The Labute approximate surface area is 376 Å². The third kappa shape index (κ3) is 17.2. The van der Waals surface area contributed by atoms with Crippen LogP contribution in [0.4, 0.5) is 21.0 Å². The molecule has 5 rings (SSSR count). The van der Waals surface area contributed by atoms with Crippen LogP contribution in [0.25, 0.3) is 0 Å². The maximum Gasteiger partial charge on any atom is 0.407 e. The van der Waals surface area contributed by atoms with Crippen molar-refractivity contribution < 1.29 is 47.5 Å². The predicted molar refractivity (Wildman–Crippen MR) is 246 cm³/mol. The molecule has 15 nitrogen and oxygen atoms in total. The lowest BCUT2D eigenvalue weighted by molar-refractivity contribution is -0.00233. The number of amides is 2. The quantitative estimate of drug-likeness (QED) is 0.0545. The highest BCUT2D eigenvalue weighted by Gasteiger charge is 2.16. The van der Waals surface area contributed by atoms with Gasteiger partial charge in [-0.1, -0.05) is 48.5 Å². The molecule has 5 aromatic rings. The Morgan fingerprint density at radius 2 is 0.891 bits per heavy atom. The summed E-state index contributed by atoms with van der Waals surface area (Å²) in [5.74, 6) is 2.46. The zero-order chi connectivity index (χ0) is 45.5. The number of methoxy groups -OCH3 is 2. The Balaban J connectivity index is 1.11. The second kappa shape index (κ2) is 26.0. The van der Waals surface area contributed by atoms with Gasteiger partial charge in [0.15, 0.2) is 0 Å². The molecule has 0 saturated heterocycles. The van der Waals surface area contributed by atoms with Crippen molar-refractivity contribution in [1.82, 2.24) is 15.6 Å². The van der Waals surface area contributed by atoms with Gasteiger partial charge in [-0.15, -0.1) is 0 Å². The molecule has 1 aromatic heterocycles. The molecule has 0 spiro atoms. The summed E-state index contributed by atoms with van der Waals surface area (Å²) >= 11 is 0. The van der Waals surface area contributed by atoms with Crippen molar-refractivity contribution in [3.05, 3.63) is 138 Å². The van der Waals surface area contributed by atoms with Crippen LogP contribution in [0, 0.1) is 0 Å². The van der Waals surface area contributed by atoms with E-state index < -0.39 is 12.2 Å². The third-order valence-electron chi connectivity index (χ3n) is 9.92. The van der Waals surface area contributed by atoms with Crippen LogP contribution in [0.2, 0.25) is 0 Å². The molecule has 4 aromatic carbocycles. The lowest BCUT2D eigenvalue weighted by Gasteiger charge is -2.20. The van der Waals surface area contributed by atoms with Crippen molar-refractivity contribution in [2.45, 2.75) is 38.1 Å². The number of rotatable bonds is 26. The summed E-state index contributed by atoms with van der Waals surface area (Å²) < 4.78 is 46.2. The van der Waals surface area contributed by atoms with Crippen LogP contribution in [0.3, 0.4) is 0 Å². The molecular weight excluding hydrogens is 819 g/mol. The first-order valence-electron chi connectivity index (χ1n) is 21.1. The predicted octanol–water partition coefficient (Wildman–Crippen LogP) is 7.10. The molecule has 64 heavy (non-hydrogen) atoms. The molecule has 0 saturated carbocycles. The van der Waals surface area contributed by atoms with E-state index in [0.29, 0.717) is 37.4 Å². The molecule has 0 radical (unpaired) electrons. The lowest BCUT2D eigenvalue weighted by atomic mass is 10.1. The molecule has 2 unspecified atom stereocenters. The first-order valence-corrected chi connectivity index (χ1v) is 21.1. The molecule has 0 aliphatic rings. The molecule has 2 amide bonds. The summed E-state index contributed by atoms with van der Waals surface area (Å²) in [6.07, 6.45) is 2.43. The summed E-state index contributed by atoms with van der Waals surface area (Å²) in [6.45, 7) is 1.50. The third-order valence-corrected chi connectivity index (χ3v) is 9.92. The highest BCUT2D eigenvalue weighted by Crippen LogP contribution is 2.21. The Hall–Kier alpha value is -6.71. The summed E-state index contributed by atoms with van der Waals surface area (Å²) in [5.41, 5.74) is 6.11. The number of aromatic nitrogens is 1. The molecule has 0 aliphatic carbocycles. The fourth-order valence-electron chi connectivity index (χ4n) is 6.29. The van der Waals surface area contributed by atoms with Crippen molar-refractivity contribution >= 4 is 23.6 Å². The van der Waals surface area contributed by atoms with Crippen LogP contribution >= 0.6 is 0 Å². The Bertz CT molecular complexity index is 1970. The van der Waals surface area contributed by atoms with Crippen LogP contribution in [0.15, 0.2) is 116 Å². The number of alkyl carbamates (subject to hydrolysis) is 2. The molecule has 2 N–H and O–H groups in total. The van der Waals surface area contributed by atoms with E-state index in [-0.39, 0.29) is 51.8 Å². The topological polar surface area (TPSA) is 151 Å². The van der Waals surface area contributed by atoms with Crippen LogP contribution < -0.4 is 39.4 Å². The zero-order valence-corrected chi connectivity index (χ0v) is 37.6. The maximum absolute atomic E-state index is 12.4. The van der Waals surface area contributed by atoms with Crippen LogP contribution in [-0.2, 0) is 44.9 Å². The van der Waals surface area contributed by atoms with Crippen molar-refractivity contribution in [3.8, 4) is 23.0 Å². The molecular formula is C49H61N5O10. The number of carbonyl (C=O) groups excluding carboxylic acids is 2. The number of pyridine rings is 1. The van der Waals surface area contributed by atoms with Gasteiger partial charge in [-0.25, -0.2) is 9.59 Å². The Kier molecular flexibility index (Phi) is 19.7.